The topological polar surface area (TPSA) is 59.4 Å². The van der Waals surface area contributed by atoms with E-state index in [9.17, 15) is 9.90 Å². The van der Waals surface area contributed by atoms with E-state index < -0.39 is 5.97 Å². The molecule has 96 valence electrons. The fourth-order valence-corrected chi connectivity index (χ4v) is 1.79. The molecular weight excluding hydrogens is 242 g/mol. The fraction of sp³-hybridized carbons (Fsp3) is 0.200. The molecule has 0 aliphatic rings. The minimum atomic E-state index is -1.02. The van der Waals surface area contributed by atoms with Crippen molar-refractivity contribution in [2.24, 2.45) is 0 Å². The number of carbonyl (C=O) groups is 1. The first-order valence-electron chi connectivity index (χ1n) is 5.87. The summed E-state index contributed by atoms with van der Waals surface area (Å²) in [6.45, 7) is 2.10. The largest absolute Gasteiger partial charge is 0.490 e. The van der Waals surface area contributed by atoms with Crippen molar-refractivity contribution in [3.63, 3.8) is 0 Å². The van der Waals surface area contributed by atoms with Crippen LogP contribution in [0.1, 0.15) is 23.7 Å². The van der Waals surface area contributed by atoms with Gasteiger partial charge in [-0.15, -0.1) is 11.8 Å². The highest BCUT2D eigenvalue weighted by molar-refractivity contribution is 6.04. The van der Waals surface area contributed by atoms with Crippen molar-refractivity contribution in [3.05, 3.63) is 36.0 Å². The molecule has 0 aliphatic heterocycles. The van der Waals surface area contributed by atoms with Crippen LogP contribution in [-0.2, 0) is 0 Å². The standard InChI is InChI=1S/C15H13NO3/c1-2-3-6-9-19-13-10-16-12-8-5-4-7-11(12)14(13)15(17)18/h4-5,7-8,10H,6,9H2,1H3,(H,17,18). The van der Waals surface area contributed by atoms with Gasteiger partial charge in [0, 0.05) is 11.8 Å². The molecule has 0 saturated heterocycles. The van der Waals surface area contributed by atoms with E-state index in [0.717, 1.165) is 0 Å². The van der Waals surface area contributed by atoms with Crippen molar-refractivity contribution >= 4 is 16.9 Å². The Kier molecular flexibility index (Phi) is 3.99. The van der Waals surface area contributed by atoms with Crippen LogP contribution in [0.2, 0.25) is 0 Å². The highest BCUT2D eigenvalue weighted by atomic mass is 16.5. The zero-order valence-electron chi connectivity index (χ0n) is 10.5. The van der Waals surface area contributed by atoms with Crippen molar-refractivity contribution in [1.29, 1.82) is 0 Å². The van der Waals surface area contributed by atoms with Gasteiger partial charge < -0.3 is 9.84 Å². The predicted molar refractivity (Wildman–Crippen MR) is 72.3 cm³/mol. The van der Waals surface area contributed by atoms with Crippen molar-refractivity contribution in [1.82, 2.24) is 4.98 Å². The van der Waals surface area contributed by atoms with E-state index in [2.05, 4.69) is 16.8 Å². The highest BCUT2D eigenvalue weighted by Crippen LogP contribution is 2.26. The van der Waals surface area contributed by atoms with Crippen LogP contribution in [0, 0.1) is 11.8 Å². The van der Waals surface area contributed by atoms with Gasteiger partial charge in [0.1, 0.15) is 5.56 Å². The molecule has 1 aromatic carbocycles. The van der Waals surface area contributed by atoms with Crippen LogP contribution in [0.25, 0.3) is 10.9 Å². The van der Waals surface area contributed by atoms with E-state index in [-0.39, 0.29) is 11.3 Å². The molecule has 2 rings (SSSR count). The monoisotopic (exact) mass is 255 g/mol. The van der Waals surface area contributed by atoms with E-state index in [1.54, 1.807) is 25.1 Å². The van der Waals surface area contributed by atoms with Gasteiger partial charge in [0.25, 0.3) is 0 Å². The van der Waals surface area contributed by atoms with Gasteiger partial charge in [-0.05, 0) is 13.0 Å². The quantitative estimate of drug-likeness (QED) is 0.674. The smallest absolute Gasteiger partial charge is 0.340 e. The zero-order valence-corrected chi connectivity index (χ0v) is 10.5. The van der Waals surface area contributed by atoms with Gasteiger partial charge in [-0.3, -0.25) is 4.98 Å². The molecule has 0 amide bonds. The van der Waals surface area contributed by atoms with Crippen LogP contribution in [0.15, 0.2) is 30.5 Å². The molecule has 1 heterocycles. The summed E-state index contributed by atoms with van der Waals surface area (Å²) in [7, 11) is 0. The van der Waals surface area contributed by atoms with Crippen LogP contribution in [0.5, 0.6) is 5.75 Å². The maximum absolute atomic E-state index is 11.4. The molecule has 0 spiro atoms. The molecule has 2 aromatic rings. The summed E-state index contributed by atoms with van der Waals surface area (Å²) in [4.78, 5) is 15.6. The number of hydrogen-bond acceptors (Lipinski definition) is 3. The number of ether oxygens (including phenoxy) is 1. The number of carboxylic acid groups (broad SMARTS) is 1. The number of nitrogens with zero attached hydrogens (tertiary/aromatic N) is 1. The summed E-state index contributed by atoms with van der Waals surface area (Å²) in [6, 6.07) is 7.10. The molecule has 4 nitrogen and oxygen atoms in total. The molecule has 0 aliphatic carbocycles. The lowest BCUT2D eigenvalue weighted by Crippen LogP contribution is -2.06. The van der Waals surface area contributed by atoms with Gasteiger partial charge >= 0.3 is 5.97 Å². The number of rotatable bonds is 4. The van der Waals surface area contributed by atoms with Crippen LogP contribution in [0.4, 0.5) is 0 Å². The molecule has 19 heavy (non-hydrogen) atoms. The van der Waals surface area contributed by atoms with Crippen LogP contribution in [0.3, 0.4) is 0 Å². The number of carboxylic acids is 1. The number of benzene rings is 1. The third-order valence-corrected chi connectivity index (χ3v) is 2.62. The average molecular weight is 255 g/mol. The van der Waals surface area contributed by atoms with E-state index in [4.69, 9.17) is 4.74 Å². The first kappa shape index (κ1) is 12.9. The second kappa shape index (κ2) is 5.87. The number of fused-ring (bicyclic) bond motifs is 1. The zero-order chi connectivity index (χ0) is 13.7. The molecule has 0 bridgehead atoms. The third kappa shape index (κ3) is 2.83. The molecule has 0 fully saturated rings. The van der Waals surface area contributed by atoms with Gasteiger partial charge in [-0.1, -0.05) is 18.2 Å². The molecule has 0 radical (unpaired) electrons. The SMILES string of the molecule is CC#CCCOc1cnc2ccccc2c1C(=O)O. The van der Waals surface area contributed by atoms with E-state index >= 15 is 0 Å². The Morgan fingerprint density at radius 1 is 1.42 bits per heavy atom. The Morgan fingerprint density at radius 2 is 2.21 bits per heavy atom. The highest BCUT2D eigenvalue weighted by Gasteiger charge is 2.16. The third-order valence-electron chi connectivity index (χ3n) is 2.62. The van der Waals surface area contributed by atoms with Gasteiger partial charge in [0.15, 0.2) is 5.75 Å². The van der Waals surface area contributed by atoms with Gasteiger partial charge in [-0.2, -0.15) is 0 Å². The van der Waals surface area contributed by atoms with Gasteiger partial charge in [0.05, 0.1) is 18.3 Å². The van der Waals surface area contributed by atoms with E-state index in [1.165, 1.54) is 6.20 Å². The van der Waals surface area contributed by atoms with Crippen molar-refractivity contribution < 1.29 is 14.6 Å². The normalized spacial score (nSPS) is 9.74. The molecule has 1 N–H and O–H groups in total. The molecule has 0 saturated carbocycles. The second-order valence-corrected chi connectivity index (χ2v) is 3.84. The Labute approximate surface area is 111 Å². The lowest BCUT2D eigenvalue weighted by Gasteiger charge is -2.09. The number of aromatic carboxylic acids is 1. The second-order valence-electron chi connectivity index (χ2n) is 3.84. The van der Waals surface area contributed by atoms with Crippen molar-refractivity contribution in [3.8, 4) is 17.6 Å². The number of aromatic nitrogens is 1. The van der Waals surface area contributed by atoms with Crippen LogP contribution in [-0.4, -0.2) is 22.7 Å². The van der Waals surface area contributed by atoms with Crippen molar-refractivity contribution in [2.45, 2.75) is 13.3 Å². The summed E-state index contributed by atoms with van der Waals surface area (Å²) < 4.78 is 5.46. The summed E-state index contributed by atoms with van der Waals surface area (Å²) in [5, 5.41) is 9.91. The Bertz CT molecular complexity index is 668. The van der Waals surface area contributed by atoms with Gasteiger partial charge in [0.2, 0.25) is 0 Å². The number of hydrogen-bond donors (Lipinski definition) is 1. The van der Waals surface area contributed by atoms with Crippen LogP contribution < -0.4 is 4.74 Å². The van der Waals surface area contributed by atoms with Crippen molar-refractivity contribution in [2.75, 3.05) is 6.61 Å². The average Bonchev–Trinajstić information content (AvgIpc) is 2.42. The molecule has 0 atom stereocenters. The predicted octanol–water partition coefficient (Wildman–Crippen LogP) is 2.73. The summed E-state index contributed by atoms with van der Waals surface area (Å²) in [5.74, 6) is 4.88. The van der Waals surface area contributed by atoms with Crippen LogP contribution >= 0.6 is 0 Å². The Morgan fingerprint density at radius 3 is 2.95 bits per heavy atom. The maximum Gasteiger partial charge on any atom is 0.340 e. The number of pyridine rings is 1. The lowest BCUT2D eigenvalue weighted by molar-refractivity contribution is 0.0694. The summed E-state index contributed by atoms with van der Waals surface area (Å²) >= 11 is 0. The Balaban J connectivity index is 2.39. The van der Waals surface area contributed by atoms with E-state index in [0.29, 0.717) is 23.9 Å². The molecule has 1 aromatic heterocycles. The first-order valence-corrected chi connectivity index (χ1v) is 5.87. The molecule has 4 heteroatoms. The molecular formula is C15H13NO3. The van der Waals surface area contributed by atoms with Gasteiger partial charge in [-0.25, -0.2) is 4.79 Å². The lowest BCUT2D eigenvalue weighted by atomic mass is 10.1. The Hall–Kier alpha value is -2.54. The number of para-hydroxylation sites is 1. The van der Waals surface area contributed by atoms with E-state index in [1.807, 2.05) is 6.07 Å². The minimum Gasteiger partial charge on any atom is -0.490 e. The maximum atomic E-state index is 11.4. The molecule has 0 unspecified atom stereocenters. The first-order chi connectivity index (χ1) is 9.24. The minimum absolute atomic E-state index is 0.148. The summed E-state index contributed by atoms with van der Waals surface area (Å²) in [6.07, 6.45) is 2.01. The summed E-state index contributed by atoms with van der Waals surface area (Å²) in [5.41, 5.74) is 0.788. The fourth-order valence-electron chi connectivity index (χ4n) is 1.79.